The van der Waals surface area contributed by atoms with Gasteiger partial charge in [0.15, 0.2) is 5.65 Å². The summed E-state index contributed by atoms with van der Waals surface area (Å²) in [5.41, 5.74) is 3.20. The van der Waals surface area contributed by atoms with Gasteiger partial charge in [0.25, 0.3) is 0 Å². The number of rotatable bonds is 1. The minimum atomic E-state index is 0.118. The monoisotopic (exact) mass is 226 g/mol. The third-order valence-corrected chi connectivity index (χ3v) is 2.48. The fourth-order valence-corrected chi connectivity index (χ4v) is 1.68. The van der Waals surface area contributed by atoms with Crippen LogP contribution in [-0.2, 0) is 0 Å². The van der Waals surface area contributed by atoms with E-state index in [-0.39, 0.29) is 5.75 Å². The molecule has 0 saturated heterocycles. The number of imidazole rings is 1. The predicted molar refractivity (Wildman–Crippen MR) is 63.5 cm³/mol. The number of hydrogen-bond donors (Lipinski definition) is 2. The maximum Gasteiger partial charge on any atom is 0.178 e. The van der Waals surface area contributed by atoms with Crippen molar-refractivity contribution in [3.8, 4) is 17.1 Å². The number of nitrogens with zero attached hydrogens (tertiary/aromatic N) is 3. The van der Waals surface area contributed by atoms with Gasteiger partial charge in [-0.05, 0) is 25.1 Å². The van der Waals surface area contributed by atoms with Gasteiger partial charge in [-0.1, -0.05) is 0 Å². The molecule has 0 saturated carbocycles. The third kappa shape index (κ3) is 1.71. The normalized spacial score (nSPS) is 10.9. The molecule has 0 unspecified atom stereocenters. The maximum absolute atomic E-state index is 9.37. The Labute approximate surface area is 97.2 Å². The van der Waals surface area contributed by atoms with Crippen LogP contribution in [0.2, 0.25) is 0 Å². The second kappa shape index (κ2) is 3.55. The lowest BCUT2D eigenvalue weighted by atomic mass is 10.2. The summed E-state index contributed by atoms with van der Waals surface area (Å²) in [5.74, 6) is 0.772. The van der Waals surface area contributed by atoms with E-state index in [0.29, 0.717) is 11.5 Å². The van der Waals surface area contributed by atoms with Crippen molar-refractivity contribution in [1.82, 2.24) is 19.9 Å². The van der Waals surface area contributed by atoms with Crippen molar-refractivity contribution >= 4 is 11.2 Å². The van der Waals surface area contributed by atoms with E-state index in [2.05, 4.69) is 19.9 Å². The summed E-state index contributed by atoms with van der Waals surface area (Å²) >= 11 is 0. The van der Waals surface area contributed by atoms with E-state index < -0.39 is 0 Å². The smallest absolute Gasteiger partial charge is 0.178 e. The summed E-state index contributed by atoms with van der Waals surface area (Å²) in [5, 5.41) is 9.37. The van der Waals surface area contributed by atoms with Crippen LogP contribution in [0.5, 0.6) is 5.75 Å². The first kappa shape index (κ1) is 9.77. The van der Waals surface area contributed by atoms with Crippen molar-refractivity contribution in [2.45, 2.75) is 6.92 Å². The first-order chi connectivity index (χ1) is 8.22. The Morgan fingerprint density at radius 3 is 2.88 bits per heavy atom. The molecule has 0 atom stereocenters. The number of aryl methyl sites for hydroxylation is 1. The van der Waals surface area contributed by atoms with Gasteiger partial charge in [-0.15, -0.1) is 0 Å². The number of pyridine rings is 2. The molecule has 5 heteroatoms. The van der Waals surface area contributed by atoms with Crippen LogP contribution in [0.4, 0.5) is 0 Å². The van der Waals surface area contributed by atoms with Gasteiger partial charge in [0, 0.05) is 17.5 Å². The number of aromatic amines is 1. The summed E-state index contributed by atoms with van der Waals surface area (Å²) in [6, 6.07) is 5.47. The molecule has 84 valence electrons. The lowest BCUT2D eigenvalue weighted by Gasteiger charge is -1.95. The van der Waals surface area contributed by atoms with Crippen LogP contribution in [-0.4, -0.2) is 25.0 Å². The van der Waals surface area contributed by atoms with Gasteiger partial charge in [0.1, 0.15) is 11.6 Å². The molecular weight excluding hydrogens is 216 g/mol. The van der Waals surface area contributed by atoms with Gasteiger partial charge < -0.3 is 10.1 Å². The lowest BCUT2D eigenvalue weighted by Crippen LogP contribution is -1.82. The van der Waals surface area contributed by atoms with E-state index in [0.717, 1.165) is 16.8 Å². The van der Waals surface area contributed by atoms with E-state index >= 15 is 0 Å². The third-order valence-electron chi connectivity index (χ3n) is 2.48. The molecule has 5 nitrogen and oxygen atoms in total. The number of fused-ring (bicyclic) bond motifs is 1. The quantitative estimate of drug-likeness (QED) is 0.665. The van der Waals surface area contributed by atoms with E-state index in [1.165, 1.54) is 6.20 Å². The SMILES string of the molecule is Cc1ccc2[nH]c(-c3cncc(O)c3)nc2n1. The lowest BCUT2D eigenvalue weighted by molar-refractivity contribution is 0.473. The van der Waals surface area contributed by atoms with Crippen LogP contribution in [0.15, 0.2) is 30.6 Å². The molecule has 0 aliphatic heterocycles. The molecular formula is C12H10N4O. The highest BCUT2D eigenvalue weighted by atomic mass is 16.3. The van der Waals surface area contributed by atoms with Crippen LogP contribution < -0.4 is 0 Å². The van der Waals surface area contributed by atoms with Crippen molar-refractivity contribution in [3.63, 3.8) is 0 Å². The molecule has 0 aliphatic carbocycles. The summed E-state index contributed by atoms with van der Waals surface area (Å²) < 4.78 is 0. The number of aromatic hydroxyl groups is 1. The zero-order valence-electron chi connectivity index (χ0n) is 9.18. The molecule has 3 aromatic rings. The van der Waals surface area contributed by atoms with E-state index in [1.807, 2.05) is 19.1 Å². The van der Waals surface area contributed by atoms with Crippen molar-refractivity contribution in [1.29, 1.82) is 0 Å². The topological polar surface area (TPSA) is 74.7 Å². The standard InChI is InChI=1S/C12H10N4O/c1-7-2-3-10-12(14-7)16-11(15-10)8-4-9(17)6-13-5-8/h2-6,17H,1H3,(H,14,15,16). The molecule has 3 heterocycles. The number of H-pyrrole nitrogens is 1. The highest BCUT2D eigenvalue weighted by Gasteiger charge is 2.07. The zero-order valence-corrected chi connectivity index (χ0v) is 9.18. The minimum absolute atomic E-state index is 0.118. The number of nitrogens with one attached hydrogen (secondary N) is 1. The Kier molecular flexibility index (Phi) is 2.04. The van der Waals surface area contributed by atoms with Crippen LogP contribution in [0, 0.1) is 6.92 Å². The van der Waals surface area contributed by atoms with Gasteiger partial charge in [-0.3, -0.25) is 4.98 Å². The molecule has 0 amide bonds. The average molecular weight is 226 g/mol. The largest absolute Gasteiger partial charge is 0.506 e. The molecule has 2 N–H and O–H groups in total. The highest BCUT2D eigenvalue weighted by Crippen LogP contribution is 2.21. The molecule has 0 aliphatic rings. The van der Waals surface area contributed by atoms with Gasteiger partial charge in [-0.2, -0.15) is 0 Å². The van der Waals surface area contributed by atoms with Gasteiger partial charge in [-0.25, -0.2) is 9.97 Å². The van der Waals surface area contributed by atoms with Crippen molar-refractivity contribution in [2.24, 2.45) is 0 Å². The van der Waals surface area contributed by atoms with Crippen molar-refractivity contribution in [3.05, 3.63) is 36.3 Å². The zero-order chi connectivity index (χ0) is 11.8. The summed E-state index contributed by atoms with van der Waals surface area (Å²) in [4.78, 5) is 15.7. The number of hydrogen-bond acceptors (Lipinski definition) is 4. The minimum Gasteiger partial charge on any atom is -0.506 e. The second-order valence-electron chi connectivity index (χ2n) is 3.84. The Balaban J connectivity index is 2.18. The molecule has 17 heavy (non-hydrogen) atoms. The highest BCUT2D eigenvalue weighted by molar-refractivity contribution is 5.75. The molecule has 0 aromatic carbocycles. The molecule has 0 fully saturated rings. The summed E-state index contributed by atoms with van der Waals surface area (Å²) in [6.07, 6.45) is 3.03. The Bertz CT molecular complexity index is 690. The number of aromatic nitrogens is 4. The van der Waals surface area contributed by atoms with Gasteiger partial charge in [0.05, 0.1) is 11.7 Å². The molecule has 3 aromatic heterocycles. The fourth-order valence-electron chi connectivity index (χ4n) is 1.68. The molecule has 0 bridgehead atoms. The Morgan fingerprint density at radius 2 is 2.06 bits per heavy atom. The molecule has 3 rings (SSSR count). The van der Waals surface area contributed by atoms with Crippen LogP contribution in [0.3, 0.4) is 0 Å². The Hall–Kier alpha value is -2.43. The maximum atomic E-state index is 9.37. The van der Waals surface area contributed by atoms with E-state index in [1.54, 1.807) is 12.3 Å². The predicted octanol–water partition coefficient (Wildman–Crippen LogP) is 2.03. The first-order valence-electron chi connectivity index (χ1n) is 5.20. The average Bonchev–Trinajstić information content (AvgIpc) is 2.72. The van der Waals surface area contributed by atoms with Crippen LogP contribution in [0.1, 0.15) is 5.69 Å². The molecule has 0 radical (unpaired) electrons. The molecule has 0 spiro atoms. The van der Waals surface area contributed by atoms with Crippen LogP contribution >= 0.6 is 0 Å². The van der Waals surface area contributed by atoms with E-state index in [4.69, 9.17) is 0 Å². The van der Waals surface area contributed by atoms with E-state index in [9.17, 15) is 5.11 Å². The van der Waals surface area contributed by atoms with Crippen molar-refractivity contribution in [2.75, 3.05) is 0 Å². The summed E-state index contributed by atoms with van der Waals surface area (Å²) in [6.45, 7) is 1.92. The van der Waals surface area contributed by atoms with Gasteiger partial charge in [0.2, 0.25) is 0 Å². The first-order valence-corrected chi connectivity index (χ1v) is 5.20. The summed E-state index contributed by atoms with van der Waals surface area (Å²) in [7, 11) is 0. The Morgan fingerprint density at radius 1 is 1.18 bits per heavy atom. The van der Waals surface area contributed by atoms with Gasteiger partial charge >= 0.3 is 0 Å². The van der Waals surface area contributed by atoms with Crippen molar-refractivity contribution < 1.29 is 5.11 Å². The van der Waals surface area contributed by atoms with Crippen LogP contribution in [0.25, 0.3) is 22.6 Å². The second-order valence-corrected chi connectivity index (χ2v) is 3.84. The fraction of sp³-hybridized carbons (Fsp3) is 0.0833.